The maximum Gasteiger partial charge on any atom is 0.337 e. The second-order valence-corrected chi connectivity index (χ2v) is 4.77. The van der Waals surface area contributed by atoms with Gasteiger partial charge in [0.25, 0.3) is 5.91 Å². The SMILES string of the molecule is CCOC(=O)[C@H](O)[C@@H]1CCCN1C(=O)c1ccccc1. The predicted molar refractivity (Wildman–Crippen MR) is 73.1 cm³/mol. The van der Waals surface area contributed by atoms with Gasteiger partial charge in [-0.15, -0.1) is 0 Å². The van der Waals surface area contributed by atoms with Crippen molar-refractivity contribution in [3.8, 4) is 0 Å². The zero-order chi connectivity index (χ0) is 14.5. The van der Waals surface area contributed by atoms with Gasteiger partial charge in [0.2, 0.25) is 0 Å². The number of ether oxygens (including phenoxy) is 1. The molecule has 2 rings (SSSR count). The fraction of sp³-hybridized carbons (Fsp3) is 0.467. The Morgan fingerprint density at radius 1 is 1.40 bits per heavy atom. The maximum absolute atomic E-state index is 12.4. The van der Waals surface area contributed by atoms with E-state index in [1.807, 2.05) is 6.07 Å². The second kappa shape index (κ2) is 6.52. The molecule has 1 N–H and O–H groups in total. The third-order valence-corrected chi connectivity index (χ3v) is 3.47. The van der Waals surface area contributed by atoms with Crippen molar-refractivity contribution in [2.75, 3.05) is 13.2 Å². The van der Waals surface area contributed by atoms with Crippen LogP contribution in [0.1, 0.15) is 30.1 Å². The number of carbonyl (C=O) groups excluding carboxylic acids is 2. The average Bonchev–Trinajstić information content (AvgIpc) is 2.96. The largest absolute Gasteiger partial charge is 0.464 e. The van der Waals surface area contributed by atoms with E-state index in [2.05, 4.69) is 0 Å². The van der Waals surface area contributed by atoms with Gasteiger partial charge in [0.1, 0.15) is 0 Å². The zero-order valence-electron chi connectivity index (χ0n) is 11.5. The number of rotatable bonds is 4. The van der Waals surface area contributed by atoms with Gasteiger partial charge >= 0.3 is 5.97 Å². The molecule has 1 heterocycles. The predicted octanol–water partition coefficient (Wildman–Crippen LogP) is 1.22. The van der Waals surface area contributed by atoms with E-state index in [1.54, 1.807) is 36.1 Å². The van der Waals surface area contributed by atoms with Crippen LogP contribution >= 0.6 is 0 Å². The Labute approximate surface area is 118 Å². The number of hydrogen-bond acceptors (Lipinski definition) is 4. The summed E-state index contributed by atoms with van der Waals surface area (Å²) in [5, 5.41) is 10.0. The molecule has 2 atom stereocenters. The highest BCUT2D eigenvalue weighted by molar-refractivity contribution is 5.95. The average molecular weight is 277 g/mol. The lowest BCUT2D eigenvalue weighted by Gasteiger charge is -2.27. The van der Waals surface area contributed by atoms with Gasteiger partial charge in [0.05, 0.1) is 12.6 Å². The van der Waals surface area contributed by atoms with Crippen LogP contribution < -0.4 is 0 Å². The van der Waals surface area contributed by atoms with Crippen LogP contribution in [0.2, 0.25) is 0 Å². The number of amides is 1. The van der Waals surface area contributed by atoms with Crippen LogP contribution in [0, 0.1) is 0 Å². The van der Waals surface area contributed by atoms with Crippen LogP contribution in [0.15, 0.2) is 30.3 Å². The normalized spacial score (nSPS) is 19.7. The minimum atomic E-state index is -1.27. The molecule has 1 fully saturated rings. The molecule has 1 saturated heterocycles. The smallest absolute Gasteiger partial charge is 0.337 e. The highest BCUT2D eigenvalue weighted by atomic mass is 16.5. The molecular formula is C15H19NO4. The topological polar surface area (TPSA) is 66.8 Å². The number of hydrogen-bond donors (Lipinski definition) is 1. The van der Waals surface area contributed by atoms with Crippen molar-refractivity contribution in [2.45, 2.75) is 31.9 Å². The van der Waals surface area contributed by atoms with Crippen LogP contribution in [0.3, 0.4) is 0 Å². The first-order valence-corrected chi connectivity index (χ1v) is 6.86. The lowest BCUT2D eigenvalue weighted by atomic mass is 10.1. The summed E-state index contributed by atoms with van der Waals surface area (Å²) in [6.45, 7) is 2.45. The number of aliphatic hydroxyl groups is 1. The van der Waals surface area contributed by atoms with Crippen molar-refractivity contribution in [3.63, 3.8) is 0 Å². The van der Waals surface area contributed by atoms with Crippen molar-refractivity contribution in [3.05, 3.63) is 35.9 Å². The molecule has 1 aromatic rings. The van der Waals surface area contributed by atoms with Gasteiger partial charge in [0.15, 0.2) is 6.10 Å². The van der Waals surface area contributed by atoms with Gasteiger partial charge in [-0.1, -0.05) is 18.2 Å². The summed E-state index contributed by atoms with van der Waals surface area (Å²) in [6.07, 6.45) is 0.114. The minimum absolute atomic E-state index is 0.156. The van der Waals surface area contributed by atoms with Gasteiger partial charge in [0, 0.05) is 12.1 Å². The van der Waals surface area contributed by atoms with Crippen molar-refractivity contribution in [2.24, 2.45) is 0 Å². The molecule has 0 aromatic heterocycles. The standard InChI is InChI=1S/C15H19NO4/c1-2-20-15(19)13(17)12-9-6-10-16(12)14(18)11-7-4-3-5-8-11/h3-5,7-8,12-13,17H,2,6,9-10H2,1H3/t12-,13+/m0/s1. The summed E-state index contributed by atoms with van der Waals surface area (Å²) < 4.78 is 4.82. The van der Waals surface area contributed by atoms with E-state index >= 15 is 0 Å². The molecular weight excluding hydrogens is 258 g/mol. The summed E-state index contributed by atoms with van der Waals surface area (Å²) in [4.78, 5) is 25.6. The number of nitrogens with zero attached hydrogens (tertiary/aromatic N) is 1. The monoisotopic (exact) mass is 277 g/mol. The molecule has 1 aliphatic rings. The third-order valence-electron chi connectivity index (χ3n) is 3.47. The molecule has 0 unspecified atom stereocenters. The molecule has 0 saturated carbocycles. The molecule has 20 heavy (non-hydrogen) atoms. The summed E-state index contributed by atoms with van der Waals surface area (Å²) in [6, 6.07) is 8.39. The van der Waals surface area contributed by atoms with Crippen molar-refractivity contribution < 1.29 is 19.4 Å². The highest BCUT2D eigenvalue weighted by Crippen LogP contribution is 2.23. The Balaban J connectivity index is 2.11. The molecule has 1 aliphatic heterocycles. The van der Waals surface area contributed by atoms with E-state index < -0.39 is 18.1 Å². The molecule has 5 nitrogen and oxygen atoms in total. The third kappa shape index (κ3) is 2.99. The number of aliphatic hydroxyl groups excluding tert-OH is 1. The van der Waals surface area contributed by atoms with E-state index in [0.29, 0.717) is 18.5 Å². The van der Waals surface area contributed by atoms with Crippen LogP contribution in [-0.4, -0.2) is 47.2 Å². The van der Waals surface area contributed by atoms with Crippen molar-refractivity contribution >= 4 is 11.9 Å². The van der Waals surface area contributed by atoms with E-state index in [9.17, 15) is 14.7 Å². The molecule has 0 radical (unpaired) electrons. The van der Waals surface area contributed by atoms with E-state index in [0.717, 1.165) is 6.42 Å². The number of benzene rings is 1. The molecule has 0 spiro atoms. The Hall–Kier alpha value is -1.88. The number of carbonyl (C=O) groups is 2. The van der Waals surface area contributed by atoms with E-state index in [4.69, 9.17) is 4.74 Å². The molecule has 108 valence electrons. The first-order chi connectivity index (χ1) is 9.65. The maximum atomic E-state index is 12.4. The number of likely N-dealkylation sites (tertiary alicyclic amines) is 1. The Bertz CT molecular complexity index is 474. The fourth-order valence-electron chi connectivity index (χ4n) is 2.50. The van der Waals surface area contributed by atoms with E-state index in [1.165, 1.54) is 0 Å². The summed E-state index contributed by atoms with van der Waals surface area (Å²) in [5.41, 5.74) is 0.565. The first kappa shape index (κ1) is 14.5. The van der Waals surface area contributed by atoms with Gasteiger partial charge in [-0.3, -0.25) is 4.79 Å². The lowest BCUT2D eigenvalue weighted by molar-refractivity contribution is -0.155. The van der Waals surface area contributed by atoms with Gasteiger partial charge in [-0.25, -0.2) is 4.79 Å². The van der Waals surface area contributed by atoms with Crippen LogP contribution in [0.4, 0.5) is 0 Å². The Morgan fingerprint density at radius 3 is 2.75 bits per heavy atom. The van der Waals surface area contributed by atoms with Crippen molar-refractivity contribution in [1.82, 2.24) is 4.90 Å². The van der Waals surface area contributed by atoms with Gasteiger partial charge in [-0.05, 0) is 31.9 Å². The van der Waals surface area contributed by atoms with Crippen LogP contribution in [0.25, 0.3) is 0 Å². The summed E-state index contributed by atoms with van der Waals surface area (Å²) in [5.74, 6) is -0.818. The molecule has 1 amide bonds. The van der Waals surface area contributed by atoms with E-state index in [-0.39, 0.29) is 12.5 Å². The Morgan fingerprint density at radius 2 is 2.10 bits per heavy atom. The first-order valence-electron chi connectivity index (χ1n) is 6.86. The second-order valence-electron chi connectivity index (χ2n) is 4.77. The fourth-order valence-corrected chi connectivity index (χ4v) is 2.50. The van der Waals surface area contributed by atoms with Gasteiger partial charge in [-0.2, -0.15) is 0 Å². The Kier molecular flexibility index (Phi) is 4.74. The molecule has 1 aromatic carbocycles. The van der Waals surface area contributed by atoms with Crippen LogP contribution in [0.5, 0.6) is 0 Å². The quantitative estimate of drug-likeness (QED) is 0.840. The summed E-state index contributed by atoms with van der Waals surface area (Å²) >= 11 is 0. The molecule has 0 bridgehead atoms. The van der Waals surface area contributed by atoms with Crippen molar-refractivity contribution in [1.29, 1.82) is 0 Å². The molecule has 5 heteroatoms. The van der Waals surface area contributed by atoms with Crippen LogP contribution in [-0.2, 0) is 9.53 Å². The highest BCUT2D eigenvalue weighted by Gasteiger charge is 2.38. The van der Waals surface area contributed by atoms with Gasteiger partial charge < -0.3 is 14.7 Å². The zero-order valence-corrected chi connectivity index (χ0v) is 11.5. The number of esters is 1. The lowest BCUT2D eigenvalue weighted by Crippen LogP contribution is -2.46. The summed E-state index contributed by atoms with van der Waals surface area (Å²) in [7, 11) is 0. The molecule has 0 aliphatic carbocycles. The minimum Gasteiger partial charge on any atom is -0.464 e.